The summed E-state index contributed by atoms with van der Waals surface area (Å²) in [7, 11) is 1.28. The van der Waals surface area contributed by atoms with Crippen LogP contribution in [0.1, 0.15) is 29.1 Å². The van der Waals surface area contributed by atoms with Gasteiger partial charge in [-0.3, -0.25) is 9.20 Å². The number of pyridine rings is 2. The van der Waals surface area contributed by atoms with Crippen molar-refractivity contribution in [3.05, 3.63) is 58.5 Å². The highest BCUT2D eigenvalue weighted by Crippen LogP contribution is 2.25. The van der Waals surface area contributed by atoms with Crippen molar-refractivity contribution >= 4 is 11.6 Å². The van der Waals surface area contributed by atoms with E-state index in [0.29, 0.717) is 17.0 Å². The van der Waals surface area contributed by atoms with Gasteiger partial charge in [0.1, 0.15) is 11.3 Å². The fourth-order valence-corrected chi connectivity index (χ4v) is 2.82. The lowest BCUT2D eigenvalue weighted by atomic mass is 10.1. The number of nitrogens with one attached hydrogen (secondary N) is 1. The molecule has 9 heteroatoms. The molecular weight excluding hydrogens is 324 g/mol. The molecule has 4 heterocycles. The van der Waals surface area contributed by atoms with Crippen molar-refractivity contribution in [3.63, 3.8) is 0 Å². The van der Waals surface area contributed by atoms with Crippen LogP contribution in [0, 0.1) is 0 Å². The molecular formula is C16H14N6O3. The fraction of sp³-hybridized carbons (Fsp3) is 0.188. The molecule has 2 aliphatic rings. The fourth-order valence-electron chi connectivity index (χ4n) is 2.82. The standard InChI is InChI=1S/C16H14N6O3/c1-9(14-19-17-12-5-3-4-6-22(12)14)21-7-10-13(18-20-15(10)23)11(8-21)16(24)25-2/h3-9H,1-2H3,(H,20,23)/t9-/m1/s1. The molecule has 0 unspecified atom stereocenters. The van der Waals surface area contributed by atoms with Crippen LogP contribution in [0.3, 0.4) is 0 Å². The van der Waals surface area contributed by atoms with E-state index in [4.69, 9.17) is 4.74 Å². The third kappa shape index (κ3) is 2.28. The molecule has 2 aromatic rings. The van der Waals surface area contributed by atoms with Crippen LogP contribution >= 0.6 is 0 Å². The first-order chi connectivity index (χ1) is 12.1. The maximum atomic E-state index is 12.1. The summed E-state index contributed by atoms with van der Waals surface area (Å²) in [5.41, 5.74) is 1.15. The normalized spacial score (nSPS) is 12.6. The molecule has 2 aliphatic heterocycles. The molecule has 0 saturated heterocycles. The van der Waals surface area contributed by atoms with E-state index in [-0.39, 0.29) is 22.9 Å². The first-order valence-corrected chi connectivity index (χ1v) is 7.58. The van der Waals surface area contributed by atoms with Crippen molar-refractivity contribution in [2.45, 2.75) is 13.0 Å². The van der Waals surface area contributed by atoms with Gasteiger partial charge in [0.05, 0.1) is 18.7 Å². The SMILES string of the molecule is COC(=O)c1cn([C@H](C)c2nnc3ccccn23)cc2c(=O)[nH]nc1-2. The van der Waals surface area contributed by atoms with Crippen molar-refractivity contribution in [2.75, 3.05) is 7.11 Å². The quantitative estimate of drug-likeness (QED) is 0.561. The number of H-pyrrole nitrogens is 1. The van der Waals surface area contributed by atoms with Gasteiger partial charge in [-0.15, -0.1) is 10.2 Å². The third-order valence-electron chi connectivity index (χ3n) is 4.15. The van der Waals surface area contributed by atoms with E-state index in [2.05, 4.69) is 20.4 Å². The molecule has 0 bridgehead atoms. The molecule has 0 spiro atoms. The van der Waals surface area contributed by atoms with E-state index < -0.39 is 5.97 Å². The maximum Gasteiger partial charge on any atom is 0.341 e. The van der Waals surface area contributed by atoms with Crippen LogP contribution in [0.5, 0.6) is 0 Å². The Labute approximate surface area is 141 Å². The molecule has 4 rings (SSSR count). The van der Waals surface area contributed by atoms with Gasteiger partial charge in [0, 0.05) is 18.6 Å². The largest absolute Gasteiger partial charge is 0.465 e. The second kappa shape index (κ2) is 5.55. The third-order valence-corrected chi connectivity index (χ3v) is 4.15. The summed E-state index contributed by atoms with van der Waals surface area (Å²) in [5, 5.41) is 14.6. The lowest BCUT2D eigenvalue weighted by Crippen LogP contribution is -2.16. The molecule has 9 nitrogen and oxygen atoms in total. The highest BCUT2D eigenvalue weighted by molar-refractivity contribution is 5.95. The number of ether oxygens (including phenoxy) is 1. The Morgan fingerprint density at radius 3 is 2.92 bits per heavy atom. The predicted octanol–water partition coefficient (Wildman–Crippen LogP) is 1.11. The molecule has 0 aromatic carbocycles. The lowest BCUT2D eigenvalue weighted by Gasteiger charge is -2.17. The van der Waals surface area contributed by atoms with Crippen molar-refractivity contribution < 1.29 is 9.53 Å². The first-order valence-electron chi connectivity index (χ1n) is 7.58. The number of carbonyl (C=O) groups excluding carboxylic acids is 1. The number of rotatable bonds is 3. The van der Waals surface area contributed by atoms with Gasteiger partial charge in [-0.1, -0.05) is 6.07 Å². The predicted molar refractivity (Wildman–Crippen MR) is 87.6 cm³/mol. The number of hydrogen-bond acceptors (Lipinski definition) is 6. The summed E-state index contributed by atoms with van der Waals surface area (Å²) in [4.78, 5) is 24.1. The van der Waals surface area contributed by atoms with Crippen LogP contribution in [-0.2, 0) is 4.74 Å². The van der Waals surface area contributed by atoms with Gasteiger partial charge in [-0.25, -0.2) is 9.89 Å². The Kier molecular flexibility index (Phi) is 3.34. The molecule has 1 N–H and O–H groups in total. The number of hydrogen-bond donors (Lipinski definition) is 1. The van der Waals surface area contributed by atoms with Crippen molar-refractivity contribution in [2.24, 2.45) is 0 Å². The number of esters is 1. The molecule has 0 amide bonds. The first kappa shape index (κ1) is 15.1. The number of methoxy groups -OCH3 is 1. The topological polar surface area (TPSA) is 107 Å². The van der Waals surface area contributed by atoms with Gasteiger partial charge in [-0.05, 0) is 19.1 Å². The Bertz CT molecular complexity index is 1110. The Morgan fingerprint density at radius 1 is 1.28 bits per heavy atom. The van der Waals surface area contributed by atoms with E-state index in [9.17, 15) is 9.59 Å². The molecule has 2 aromatic heterocycles. The van der Waals surface area contributed by atoms with Gasteiger partial charge in [0.25, 0.3) is 5.56 Å². The average Bonchev–Trinajstić information content (AvgIpc) is 3.24. The second-order valence-electron chi connectivity index (χ2n) is 5.59. The summed E-state index contributed by atoms with van der Waals surface area (Å²) < 4.78 is 8.39. The lowest BCUT2D eigenvalue weighted by molar-refractivity contribution is 0.0600. The molecule has 1 atom stereocenters. The Hall–Kier alpha value is -3.49. The summed E-state index contributed by atoms with van der Waals surface area (Å²) in [6, 6.07) is 5.33. The van der Waals surface area contributed by atoms with Crippen LogP contribution < -0.4 is 5.56 Å². The average molecular weight is 338 g/mol. The van der Waals surface area contributed by atoms with Crippen LogP contribution in [0.2, 0.25) is 0 Å². The Balaban J connectivity index is 1.91. The van der Waals surface area contributed by atoms with Crippen LogP contribution in [0.15, 0.2) is 41.6 Å². The van der Waals surface area contributed by atoms with E-state index in [1.807, 2.05) is 35.7 Å². The van der Waals surface area contributed by atoms with E-state index in [1.54, 1.807) is 17.0 Å². The Morgan fingerprint density at radius 2 is 2.12 bits per heavy atom. The molecule has 25 heavy (non-hydrogen) atoms. The minimum absolute atomic E-state index is 0.207. The van der Waals surface area contributed by atoms with Gasteiger partial charge < -0.3 is 9.30 Å². The monoisotopic (exact) mass is 338 g/mol. The highest BCUT2D eigenvalue weighted by atomic mass is 16.5. The second-order valence-corrected chi connectivity index (χ2v) is 5.59. The zero-order valence-electron chi connectivity index (χ0n) is 13.5. The molecule has 0 fully saturated rings. The van der Waals surface area contributed by atoms with Crippen LogP contribution in [-0.4, -0.2) is 42.4 Å². The summed E-state index contributed by atoms with van der Waals surface area (Å²) in [6.45, 7) is 1.90. The van der Waals surface area contributed by atoms with Crippen LogP contribution in [0.4, 0.5) is 0 Å². The minimum Gasteiger partial charge on any atom is -0.465 e. The number of aromatic nitrogens is 6. The van der Waals surface area contributed by atoms with Gasteiger partial charge in [0.2, 0.25) is 0 Å². The molecule has 0 radical (unpaired) electrons. The molecule has 0 saturated carbocycles. The highest BCUT2D eigenvalue weighted by Gasteiger charge is 2.24. The zero-order valence-corrected chi connectivity index (χ0v) is 13.5. The number of fused-ring (bicyclic) bond motifs is 2. The summed E-state index contributed by atoms with van der Waals surface area (Å²) in [6.07, 6.45) is 5.10. The van der Waals surface area contributed by atoms with Gasteiger partial charge in [0.15, 0.2) is 11.5 Å². The number of aromatic amines is 1. The molecule has 0 aliphatic carbocycles. The minimum atomic E-state index is -0.566. The smallest absolute Gasteiger partial charge is 0.341 e. The van der Waals surface area contributed by atoms with E-state index in [1.165, 1.54) is 7.11 Å². The van der Waals surface area contributed by atoms with Crippen LogP contribution in [0.25, 0.3) is 16.9 Å². The zero-order chi connectivity index (χ0) is 17.6. The van der Waals surface area contributed by atoms with E-state index >= 15 is 0 Å². The number of nitrogens with zero attached hydrogens (tertiary/aromatic N) is 5. The van der Waals surface area contributed by atoms with Gasteiger partial charge in [-0.2, -0.15) is 5.10 Å². The maximum absolute atomic E-state index is 12.1. The van der Waals surface area contributed by atoms with E-state index in [0.717, 1.165) is 0 Å². The van der Waals surface area contributed by atoms with Gasteiger partial charge >= 0.3 is 5.97 Å². The van der Waals surface area contributed by atoms with Crippen molar-refractivity contribution in [1.82, 2.24) is 29.4 Å². The van der Waals surface area contributed by atoms with Crippen molar-refractivity contribution in [1.29, 1.82) is 0 Å². The summed E-state index contributed by atoms with van der Waals surface area (Å²) >= 11 is 0. The summed E-state index contributed by atoms with van der Waals surface area (Å²) in [5.74, 6) is 0.107. The van der Waals surface area contributed by atoms with Crippen molar-refractivity contribution in [3.8, 4) is 11.3 Å². The molecule has 126 valence electrons. The number of carbonyl (C=O) groups is 1.